The maximum Gasteiger partial charge on any atom is 0.256 e. The third kappa shape index (κ3) is 3.66. The number of alkyl halides is 2. The normalized spacial score (nSPS) is 13.8. The smallest absolute Gasteiger partial charge is 0.206 e. The van der Waals surface area contributed by atoms with E-state index >= 15 is 0 Å². The molecule has 0 atom stereocenters. The number of halogens is 3. The predicted octanol–water partition coefficient (Wildman–Crippen LogP) is 3.48. The molecular formula is C12H13F2IS. The number of rotatable bonds is 4. The fourth-order valence-corrected chi connectivity index (χ4v) is 3.16. The molecule has 0 aliphatic rings. The van der Waals surface area contributed by atoms with Crippen LogP contribution >= 0.6 is 33.9 Å². The van der Waals surface area contributed by atoms with Gasteiger partial charge in [0.15, 0.2) is 0 Å². The van der Waals surface area contributed by atoms with Gasteiger partial charge < -0.3 is 0 Å². The van der Waals surface area contributed by atoms with Crippen molar-refractivity contribution in [3.63, 3.8) is 0 Å². The molecule has 0 radical (unpaired) electrons. The first-order valence-corrected chi connectivity index (χ1v) is 6.68. The Morgan fingerprint density at radius 2 is 2.25 bits per heavy atom. The summed E-state index contributed by atoms with van der Waals surface area (Å²) in [7, 11) is 0. The molecule has 1 aromatic heterocycles. The van der Waals surface area contributed by atoms with Gasteiger partial charge in [-0.3, -0.25) is 0 Å². The van der Waals surface area contributed by atoms with E-state index in [1.54, 1.807) is 0 Å². The minimum absolute atomic E-state index is 0.226. The number of hydrogen-bond donors (Lipinski definition) is 0. The molecule has 1 heterocycles. The first-order valence-electron chi connectivity index (χ1n) is 4.78. The quantitative estimate of drug-likeness (QED) is 0.574. The third-order valence-electron chi connectivity index (χ3n) is 2.11. The Labute approximate surface area is 112 Å². The zero-order valence-corrected chi connectivity index (χ0v) is 12.0. The maximum atomic E-state index is 13.4. The molecule has 0 nitrogen and oxygen atoms in total. The Kier molecular flexibility index (Phi) is 4.67. The van der Waals surface area contributed by atoms with E-state index in [9.17, 15) is 8.78 Å². The van der Waals surface area contributed by atoms with E-state index in [2.05, 4.69) is 35.7 Å². The molecule has 0 aromatic carbocycles. The Hall–Kier alpha value is -0.230. The molecule has 0 spiro atoms. The van der Waals surface area contributed by atoms with Gasteiger partial charge in [-0.25, -0.2) is 8.78 Å². The van der Waals surface area contributed by atoms with Crippen molar-refractivity contribution in [1.29, 1.82) is 0 Å². The summed E-state index contributed by atoms with van der Waals surface area (Å²) in [4.78, 5) is 0.683. The molecule has 1 rings (SSSR count). The van der Waals surface area contributed by atoms with E-state index in [1.807, 2.05) is 13.0 Å². The van der Waals surface area contributed by atoms with E-state index in [0.29, 0.717) is 4.88 Å². The lowest BCUT2D eigenvalue weighted by Crippen LogP contribution is -2.18. The van der Waals surface area contributed by atoms with Gasteiger partial charge in [-0.15, -0.1) is 17.9 Å². The molecule has 0 saturated carbocycles. The van der Waals surface area contributed by atoms with Crippen LogP contribution in [0, 0.1) is 0 Å². The molecular weight excluding hydrogens is 341 g/mol. The second kappa shape index (κ2) is 5.40. The van der Waals surface area contributed by atoms with Gasteiger partial charge in [0.05, 0.1) is 0 Å². The largest absolute Gasteiger partial charge is 0.256 e. The molecule has 0 N–H and O–H groups in total. The van der Waals surface area contributed by atoms with Gasteiger partial charge in [-0.1, -0.05) is 12.7 Å². The standard InChI is InChI=1S/C12H13F2IS/c1-4-5-12(13,14)7-10-6-11(8(2)15)9(3)16-10/h4,6H,1,3,5,7H2,2H3/b11-8+. The molecule has 0 fully saturated rings. The van der Waals surface area contributed by atoms with E-state index in [4.69, 9.17) is 0 Å². The highest BCUT2D eigenvalue weighted by Crippen LogP contribution is 2.24. The molecule has 16 heavy (non-hydrogen) atoms. The fourth-order valence-electron chi connectivity index (χ4n) is 1.40. The molecule has 0 saturated heterocycles. The molecule has 0 amide bonds. The van der Waals surface area contributed by atoms with Crippen molar-refractivity contribution in [3.05, 3.63) is 33.3 Å². The van der Waals surface area contributed by atoms with Gasteiger partial charge >= 0.3 is 0 Å². The predicted molar refractivity (Wildman–Crippen MR) is 75.7 cm³/mol. The zero-order valence-electron chi connectivity index (χ0n) is 9.03. The summed E-state index contributed by atoms with van der Waals surface area (Å²) in [5.41, 5.74) is 0. The molecule has 88 valence electrons. The molecule has 0 bridgehead atoms. The summed E-state index contributed by atoms with van der Waals surface area (Å²) >= 11 is 3.53. The molecule has 1 aromatic rings. The van der Waals surface area contributed by atoms with Crippen LogP contribution in [0.4, 0.5) is 8.78 Å². The van der Waals surface area contributed by atoms with Crippen LogP contribution in [0.5, 0.6) is 0 Å². The van der Waals surface area contributed by atoms with Crippen LogP contribution in [-0.2, 0) is 6.42 Å². The molecule has 0 aliphatic carbocycles. The van der Waals surface area contributed by atoms with Crippen LogP contribution in [0.2, 0.25) is 0 Å². The second-order valence-electron chi connectivity index (χ2n) is 3.61. The minimum atomic E-state index is -2.70. The van der Waals surface area contributed by atoms with Crippen LogP contribution in [0.3, 0.4) is 0 Å². The number of thiophene rings is 1. The lowest BCUT2D eigenvalue weighted by atomic mass is 10.1. The lowest BCUT2D eigenvalue weighted by molar-refractivity contribution is 0.00578. The van der Waals surface area contributed by atoms with Crippen LogP contribution in [-0.4, -0.2) is 5.92 Å². The Balaban J connectivity index is 3.01. The van der Waals surface area contributed by atoms with Gasteiger partial charge in [-0.2, -0.15) is 0 Å². The minimum Gasteiger partial charge on any atom is -0.206 e. The van der Waals surface area contributed by atoms with E-state index in [0.717, 1.165) is 13.3 Å². The SMILES string of the molecule is C=CCC(F)(F)Cc1c/c(=C(/C)I)c(=C)s1. The third-order valence-corrected chi connectivity index (χ3v) is 3.68. The highest BCUT2D eigenvalue weighted by atomic mass is 127. The Bertz CT molecular complexity index is 484. The van der Waals surface area contributed by atoms with Crippen LogP contribution in [0.25, 0.3) is 10.2 Å². The van der Waals surface area contributed by atoms with Crippen molar-refractivity contribution in [2.24, 2.45) is 0 Å². The van der Waals surface area contributed by atoms with Gasteiger partial charge in [-0.05, 0) is 39.2 Å². The van der Waals surface area contributed by atoms with Crippen molar-refractivity contribution in [2.75, 3.05) is 0 Å². The summed E-state index contributed by atoms with van der Waals surface area (Å²) in [6.45, 7) is 9.16. The average Bonchev–Trinajstić information content (AvgIpc) is 2.45. The topological polar surface area (TPSA) is 0 Å². The van der Waals surface area contributed by atoms with Gasteiger partial charge in [0, 0.05) is 27.5 Å². The number of hydrogen-bond acceptors (Lipinski definition) is 1. The molecule has 0 aliphatic heterocycles. The van der Waals surface area contributed by atoms with Crippen molar-refractivity contribution >= 4 is 44.1 Å². The maximum absolute atomic E-state index is 13.4. The highest BCUT2D eigenvalue weighted by molar-refractivity contribution is 14.1. The summed E-state index contributed by atoms with van der Waals surface area (Å²) < 4.78 is 28.7. The number of allylic oxidation sites excluding steroid dienone is 1. The second-order valence-corrected chi connectivity index (χ2v) is 6.45. The fraction of sp³-hybridized carbons (Fsp3) is 0.333. The Morgan fingerprint density at radius 3 is 2.69 bits per heavy atom. The average molecular weight is 354 g/mol. The Morgan fingerprint density at radius 1 is 1.62 bits per heavy atom. The van der Waals surface area contributed by atoms with Gasteiger partial charge in [0.2, 0.25) is 0 Å². The van der Waals surface area contributed by atoms with E-state index in [1.165, 1.54) is 17.4 Å². The highest BCUT2D eigenvalue weighted by Gasteiger charge is 2.27. The summed E-state index contributed by atoms with van der Waals surface area (Å²) in [6.07, 6.45) is 0.755. The summed E-state index contributed by atoms with van der Waals surface area (Å²) in [5, 5.41) is 0.981. The van der Waals surface area contributed by atoms with Crippen molar-refractivity contribution in [2.45, 2.75) is 25.7 Å². The van der Waals surface area contributed by atoms with Crippen LogP contribution in [0.1, 0.15) is 18.2 Å². The summed E-state index contributed by atoms with van der Waals surface area (Å²) in [5.74, 6) is -2.70. The van der Waals surface area contributed by atoms with E-state index < -0.39 is 5.92 Å². The zero-order chi connectivity index (χ0) is 12.3. The monoisotopic (exact) mass is 354 g/mol. The van der Waals surface area contributed by atoms with Gasteiger partial charge in [0.1, 0.15) is 0 Å². The first-order chi connectivity index (χ1) is 7.35. The van der Waals surface area contributed by atoms with E-state index in [-0.39, 0.29) is 12.8 Å². The summed E-state index contributed by atoms with van der Waals surface area (Å²) in [6, 6.07) is 1.81. The van der Waals surface area contributed by atoms with Crippen LogP contribution in [0.15, 0.2) is 18.7 Å². The van der Waals surface area contributed by atoms with Crippen LogP contribution < -0.4 is 9.75 Å². The molecule has 0 unspecified atom stereocenters. The first kappa shape index (κ1) is 13.8. The van der Waals surface area contributed by atoms with Gasteiger partial charge in [0.25, 0.3) is 5.92 Å². The van der Waals surface area contributed by atoms with Crippen molar-refractivity contribution in [3.8, 4) is 0 Å². The molecule has 4 heteroatoms. The van der Waals surface area contributed by atoms with Crippen molar-refractivity contribution < 1.29 is 8.78 Å². The van der Waals surface area contributed by atoms with Crippen molar-refractivity contribution in [1.82, 2.24) is 0 Å². The lowest BCUT2D eigenvalue weighted by Gasteiger charge is -2.12.